The molecule has 0 saturated heterocycles. The van der Waals surface area contributed by atoms with Gasteiger partial charge in [-0.3, -0.25) is 9.63 Å². The van der Waals surface area contributed by atoms with Gasteiger partial charge in [-0.05, 0) is 17.0 Å². The first-order valence-electron chi connectivity index (χ1n) is 6.44. The highest BCUT2D eigenvalue weighted by Gasteiger charge is 2.32. The van der Waals surface area contributed by atoms with Crippen molar-refractivity contribution in [3.05, 3.63) is 70.2 Å². The first-order chi connectivity index (χ1) is 10.3. The lowest BCUT2D eigenvalue weighted by atomic mass is 10.2. The fourth-order valence-electron chi connectivity index (χ4n) is 2.01. The molecule has 5 nitrogen and oxygen atoms in total. The van der Waals surface area contributed by atoms with E-state index in [9.17, 15) is 9.90 Å². The van der Waals surface area contributed by atoms with Gasteiger partial charge < -0.3 is 10.4 Å². The summed E-state index contributed by atoms with van der Waals surface area (Å²) in [6, 6.07) is 13.4. The van der Waals surface area contributed by atoms with Crippen LogP contribution in [0.15, 0.2) is 59.8 Å². The maximum Gasteiger partial charge on any atom is 0.316 e. The molecule has 21 heavy (non-hydrogen) atoms. The summed E-state index contributed by atoms with van der Waals surface area (Å²) in [5.41, 5.74) is 0.948. The van der Waals surface area contributed by atoms with E-state index in [1.165, 1.54) is 22.6 Å². The van der Waals surface area contributed by atoms with E-state index in [0.717, 1.165) is 10.4 Å². The van der Waals surface area contributed by atoms with Crippen molar-refractivity contribution < 1.29 is 14.7 Å². The van der Waals surface area contributed by atoms with Crippen LogP contribution in [0.5, 0.6) is 0 Å². The first-order valence-corrected chi connectivity index (χ1v) is 7.32. The van der Waals surface area contributed by atoms with Gasteiger partial charge in [-0.1, -0.05) is 36.4 Å². The predicted molar refractivity (Wildman–Crippen MR) is 79.0 cm³/mol. The summed E-state index contributed by atoms with van der Waals surface area (Å²) in [5, 5.41) is 15.7. The average molecular weight is 302 g/mol. The van der Waals surface area contributed by atoms with Gasteiger partial charge >= 0.3 is 5.91 Å². The number of aliphatic hydroxyl groups is 1. The molecular formula is C15H14N2O3S. The molecule has 1 aromatic carbocycles. The molecule has 0 spiro atoms. The highest BCUT2D eigenvalue weighted by molar-refractivity contribution is 7.10. The molecule has 1 atom stereocenters. The van der Waals surface area contributed by atoms with Crippen LogP contribution in [0.1, 0.15) is 16.6 Å². The lowest BCUT2D eigenvalue weighted by molar-refractivity contribution is -0.211. The summed E-state index contributed by atoms with van der Waals surface area (Å²) in [5.74, 6) is -0.918. The second kappa shape index (κ2) is 5.99. The van der Waals surface area contributed by atoms with Crippen LogP contribution in [0.4, 0.5) is 0 Å². The van der Waals surface area contributed by atoms with Gasteiger partial charge in [-0.15, -0.1) is 11.3 Å². The van der Waals surface area contributed by atoms with Gasteiger partial charge in [0.15, 0.2) is 11.9 Å². The fourth-order valence-corrected chi connectivity index (χ4v) is 2.78. The summed E-state index contributed by atoms with van der Waals surface area (Å²) < 4.78 is 0. The van der Waals surface area contributed by atoms with E-state index in [1.54, 1.807) is 0 Å². The molecule has 1 aliphatic rings. The molecule has 0 fully saturated rings. The van der Waals surface area contributed by atoms with E-state index >= 15 is 0 Å². The number of carbonyl (C=O) groups is 1. The van der Waals surface area contributed by atoms with E-state index in [2.05, 4.69) is 5.32 Å². The Morgan fingerprint density at radius 1 is 1.24 bits per heavy atom. The maximum absolute atomic E-state index is 12.1. The largest absolute Gasteiger partial charge is 0.502 e. The third-order valence-corrected chi connectivity index (χ3v) is 3.98. The van der Waals surface area contributed by atoms with E-state index in [-0.39, 0.29) is 12.4 Å². The standard InChI is InChI=1S/C15H14N2O3S/c18-12-9-16-14(13-7-4-8-21-13)17(15(12)19)20-10-11-5-2-1-3-6-11/h1-9,14,16,18H,10H2. The van der Waals surface area contributed by atoms with Gasteiger partial charge in [0.1, 0.15) is 6.61 Å². The number of rotatable bonds is 4. The Bertz CT molecular complexity index is 640. The van der Waals surface area contributed by atoms with Crippen LogP contribution < -0.4 is 5.32 Å². The Morgan fingerprint density at radius 2 is 2.05 bits per heavy atom. The number of amides is 1. The van der Waals surface area contributed by atoms with Crippen molar-refractivity contribution in [2.75, 3.05) is 0 Å². The van der Waals surface area contributed by atoms with Crippen LogP contribution in [0.3, 0.4) is 0 Å². The Hall–Kier alpha value is -2.31. The number of hydrogen-bond donors (Lipinski definition) is 2. The number of hydrogen-bond acceptors (Lipinski definition) is 5. The molecule has 0 radical (unpaired) electrons. The molecule has 1 aliphatic heterocycles. The zero-order valence-electron chi connectivity index (χ0n) is 11.1. The molecular weight excluding hydrogens is 288 g/mol. The van der Waals surface area contributed by atoms with Gasteiger partial charge in [-0.25, -0.2) is 0 Å². The molecule has 2 N–H and O–H groups in total. The van der Waals surface area contributed by atoms with E-state index in [0.29, 0.717) is 0 Å². The van der Waals surface area contributed by atoms with Crippen molar-refractivity contribution >= 4 is 17.2 Å². The van der Waals surface area contributed by atoms with Crippen molar-refractivity contribution in [2.45, 2.75) is 12.8 Å². The quantitative estimate of drug-likeness (QED) is 0.911. The molecule has 108 valence electrons. The van der Waals surface area contributed by atoms with Gasteiger partial charge in [0, 0.05) is 11.1 Å². The van der Waals surface area contributed by atoms with E-state index < -0.39 is 12.1 Å². The number of thiophene rings is 1. The second-order valence-electron chi connectivity index (χ2n) is 4.50. The summed E-state index contributed by atoms with van der Waals surface area (Å²) in [7, 11) is 0. The van der Waals surface area contributed by atoms with Crippen molar-refractivity contribution in [1.29, 1.82) is 0 Å². The first kappa shape index (κ1) is 13.7. The predicted octanol–water partition coefficient (Wildman–Crippen LogP) is 2.71. The van der Waals surface area contributed by atoms with Crippen LogP contribution in [0, 0.1) is 0 Å². The van der Waals surface area contributed by atoms with Gasteiger partial charge in [0.25, 0.3) is 0 Å². The minimum absolute atomic E-state index is 0.253. The van der Waals surface area contributed by atoms with Crippen molar-refractivity contribution in [3.63, 3.8) is 0 Å². The van der Waals surface area contributed by atoms with Crippen molar-refractivity contribution in [3.8, 4) is 0 Å². The minimum Gasteiger partial charge on any atom is -0.502 e. The third kappa shape index (κ3) is 2.91. The van der Waals surface area contributed by atoms with Crippen LogP contribution >= 0.6 is 11.3 Å². The Morgan fingerprint density at radius 3 is 2.76 bits per heavy atom. The van der Waals surface area contributed by atoms with Crippen molar-refractivity contribution in [2.24, 2.45) is 0 Å². The lowest BCUT2D eigenvalue weighted by Gasteiger charge is -2.32. The molecule has 0 aliphatic carbocycles. The third-order valence-electron chi connectivity index (χ3n) is 3.06. The summed E-state index contributed by atoms with van der Waals surface area (Å²) in [6.07, 6.45) is 0.867. The fraction of sp³-hybridized carbons (Fsp3) is 0.133. The van der Waals surface area contributed by atoms with Crippen LogP contribution in [0.25, 0.3) is 0 Å². The molecule has 2 aromatic rings. The topological polar surface area (TPSA) is 61.8 Å². The zero-order valence-corrected chi connectivity index (χ0v) is 11.9. The Labute approximate surface area is 126 Å². The van der Waals surface area contributed by atoms with Crippen LogP contribution in [0.2, 0.25) is 0 Å². The molecule has 1 unspecified atom stereocenters. The Balaban J connectivity index is 1.78. The number of hydroxylamine groups is 2. The average Bonchev–Trinajstić information content (AvgIpc) is 3.04. The number of nitrogens with zero attached hydrogens (tertiary/aromatic N) is 1. The number of aliphatic hydroxyl groups excluding tert-OH is 1. The molecule has 3 rings (SSSR count). The maximum atomic E-state index is 12.1. The minimum atomic E-state index is -0.553. The van der Waals surface area contributed by atoms with E-state index in [1.807, 2.05) is 47.8 Å². The molecule has 1 aromatic heterocycles. The summed E-state index contributed by atoms with van der Waals surface area (Å²) in [6.45, 7) is 0.253. The molecule has 2 heterocycles. The van der Waals surface area contributed by atoms with Crippen molar-refractivity contribution in [1.82, 2.24) is 10.4 Å². The number of benzene rings is 1. The Kier molecular flexibility index (Phi) is 3.89. The van der Waals surface area contributed by atoms with Crippen LogP contribution in [-0.4, -0.2) is 16.1 Å². The molecule has 0 saturated carbocycles. The number of nitrogens with one attached hydrogen (secondary N) is 1. The normalized spacial score (nSPS) is 18.3. The van der Waals surface area contributed by atoms with Gasteiger partial charge in [-0.2, -0.15) is 5.06 Å². The highest BCUT2D eigenvalue weighted by atomic mass is 32.1. The molecule has 0 bridgehead atoms. The smallest absolute Gasteiger partial charge is 0.316 e. The van der Waals surface area contributed by atoms with Crippen LogP contribution in [-0.2, 0) is 16.2 Å². The lowest BCUT2D eigenvalue weighted by Crippen LogP contribution is -2.44. The summed E-state index contributed by atoms with van der Waals surface area (Å²) in [4.78, 5) is 18.6. The highest BCUT2D eigenvalue weighted by Crippen LogP contribution is 2.27. The molecule has 6 heteroatoms. The molecule has 1 amide bonds. The zero-order chi connectivity index (χ0) is 14.7. The van der Waals surface area contributed by atoms with Gasteiger partial charge in [0.05, 0.1) is 0 Å². The SMILES string of the molecule is O=C1C(O)=CNC(c2cccs2)N1OCc1ccccc1. The van der Waals surface area contributed by atoms with Gasteiger partial charge in [0.2, 0.25) is 0 Å². The second-order valence-corrected chi connectivity index (χ2v) is 5.48. The number of carbonyl (C=O) groups excluding carboxylic acids is 1. The van der Waals surface area contributed by atoms with E-state index in [4.69, 9.17) is 4.84 Å². The summed E-state index contributed by atoms with van der Waals surface area (Å²) >= 11 is 1.51. The monoisotopic (exact) mass is 302 g/mol.